The van der Waals surface area contributed by atoms with E-state index < -0.39 is 17.5 Å². The molecule has 1 aromatic carbocycles. The summed E-state index contributed by atoms with van der Waals surface area (Å²) >= 11 is 0. The average Bonchev–Trinajstić information content (AvgIpc) is 2.44. The molecule has 0 aliphatic carbocycles. The number of aromatic nitrogens is 2. The van der Waals surface area contributed by atoms with E-state index in [0.717, 1.165) is 0 Å². The van der Waals surface area contributed by atoms with E-state index >= 15 is 0 Å². The molecule has 0 saturated heterocycles. The van der Waals surface area contributed by atoms with Gasteiger partial charge in [0.25, 0.3) is 0 Å². The summed E-state index contributed by atoms with van der Waals surface area (Å²) < 4.78 is 39.5. The van der Waals surface area contributed by atoms with Crippen molar-refractivity contribution in [3.8, 4) is 0 Å². The number of hydrogen-bond donors (Lipinski definition) is 3. The Kier molecular flexibility index (Phi) is 4.04. The van der Waals surface area contributed by atoms with E-state index in [-0.39, 0.29) is 11.5 Å². The van der Waals surface area contributed by atoms with E-state index in [4.69, 9.17) is 5.84 Å². The Morgan fingerprint density at radius 2 is 1.65 bits per heavy atom. The molecule has 0 saturated carbocycles. The van der Waals surface area contributed by atoms with Gasteiger partial charge in [-0.25, -0.2) is 29.0 Å². The molecule has 0 radical (unpaired) electrons. The molecular weight excluding hydrogens is 271 g/mol. The second-order valence-electron chi connectivity index (χ2n) is 3.92. The highest BCUT2D eigenvalue weighted by Gasteiger charge is 2.11. The van der Waals surface area contributed by atoms with Crippen LogP contribution >= 0.6 is 0 Å². The fraction of sp³-hybridized carbons (Fsp3) is 0.167. The van der Waals surface area contributed by atoms with Gasteiger partial charge in [0.15, 0.2) is 11.6 Å². The minimum absolute atomic E-state index is 0.217. The quantitative estimate of drug-likeness (QED) is 0.456. The van der Waals surface area contributed by atoms with Crippen LogP contribution in [0.1, 0.15) is 12.7 Å². The first kappa shape index (κ1) is 14.1. The lowest BCUT2D eigenvalue weighted by Gasteiger charge is -2.10. The molecule has 0 fully saturated rings. The zero-order chi connectivity index (χ0) is 14.7. The van der Waals surface area contributed by atoms with Gasteiger partial charge in [0, 0.05) is 24.6 Å². The second-order valence-corrected chi connectivity index (χ2v) is 3.92. The first-order valence-electron chi connectivity index (χ1n) is 5.79. The minimum atomic E-state index is -1.26. The third kappa shape index (κ3) is 2.97. The van der Waals surface area contributed by atoms with Crippen molar-refractivity contribution < 1.29 is 13.2 Å². The molecular formula is C12H12F3N5. The molecule has 0 bridgehead atoms. The van der Waals surface area contributed by atoms with Gasteiger partial charge in [-0.2, -0.15) is 0 Å². The molecule has 20 heavy (non-hydrogen) atoms. The van der Waals surface area contributed by atoms with Crippen molar-refractivity contribution >= 4 is 17.3 Å². The van der Waals surface area contributed by atoms with Crippen LogP contribution in [0.5, 0.6) is 0 Å². The SMILES string of the molecule is CCc1nc(NN)cc(Nc2cc(F)c(F)cc2F)n1. The summed E-state index contributed by atoms with van der Waals surface area (Å²) in [6.07, 6.45) is 0.532. The van der Waals surface area contributed by atoms with Gasteiger partial charge >= 0.3 is 0 Å². The predicted molar refractivity (Wildman–Crippen MR) is 68.8 cm³/mol. The number of nitrogen functional groups attached to an aromatic ring is 1. The van der Waals surface area contributed by atoms with Crippen molar-refractivity contribution in [1.82, 2.24) is 9.97 Å². The van der Waals surface area contributed by atoms with Gasteiger partial charge in [0.2, 0.25) is 0 Å². The summed E-state index contributed by atoms with van der Waals surface area (Å²) in [5.74, 6) is 2.92. The molecule has 1 heterocycles. The molecule has 2 rings (SSSR count). The minimum Gasteiger partial charge on any atom is -0.338 e. The summed E-state index contributed by atoms with van der Waals surface area (Å²) in [6.45, 7) is 1.83. The number of halogens is 3. The molecule has 0 aliphatic rings. The van der Waals surface area contributed by atoms with Crippen molar-refractivity contribution in [2.24, 2.45) is 5.84 Å². The highest BCUT2D eigenvalue weighted by Crippen LogP contribution is 2.22. The first-order chi connectivity index (χ1) is 9.53. The maximum atomic E-state index is 13.5. The molecule has 106 valence electrons. The van der Waals surface area contributed by atoms with Crippen LogP contribution in [0.3, 0.4) is 0 Å². The van der Waals surface area contributed by atoms with Crippen LogP contribution in [0.25, 0.3) is 0 Å². The lowest BCUT2D eigenvalue weighted by atomic mass is 10.2. The Morgan fingerprint density at radius 3 is 2.30 bits per heavy atom. The fourth-order valence-corrected chi connectivity index (χ4v) is 1.55. The number of rotatable bonds is 4. The highest BCUT2D eigenvalue weighted by molar-refractivity contribution is 5.59. The number of hydrazine groups is 1. The summed E-state index contributed by atoms with van der Waals surface area (Å²) in [4.78, 5) is 8.14. The van der Waals surface area contributed by atoms with Crippen LogP contribution in [0.4, 0.5) is 30.5 Å². The third-order valence-electron chi connectivity index (χ3n) is 2.51. The van der Waals surface area contributed by atoms with Gasteiger partial charge < -0.3 is 10.7 Å². The van der Waals surface area contributed by atoms with Gasteiger partial charge in [-0.3, -0.25) is 0 Å². The Balaban J connectivity index is 2.36. The van der Waals surface area contributed by atoms with Crippen molar-refractivity contribution in [3.05, 3.63) is 41.5 Å². The lowest BCUT2D eigenvalue weighted by molar-refractivity contribution is 0.496. The Labute approximate surface area is 113 Å². The highest BCUT2D eigenvalue weighted by atomic mass is 19.2. The van der Waals surface area contributed by atoms with Gasteiger partial charge in [-0.1, -0.05) is 6.92 Å². The Bertz CT molecular complexity index is 610. The number of nitrogens with two attached hydrogens (primary N) is 1. The molecule has 0 unspecified atom stereocenters. The van der Waals surface area contributed by atoms with Crippen LogP contribution in [0.2, 0.25) is 0 Å². The predicted octanol–water partition coefficient (Wildman–Crippen LogP) is 2.49. The maximum absolute atomic E-state index is 13.5. The van der Waals surface area contributed by atoms with Crippen molar-refractivity contribution in [1.29, 1.82) is 0 Å². The zero-order valence-corrected chi connectivity index (χ0v) is 10.5. The lowest BCUT2D eigenvalue weighted by Crippen LogP contribution is -2.11. The maximum Gasteiger partial charge on any atom is 0.161 e. The number of anilines is 3. The van der Waals surface area contributed by atoms with Crippen molar-refractivity contribution in [3.63, 3.8) is 0 Å². The van der Waals surface area contributed by atoms with Gasteiger partial charge in [0.05, 0.1) is 5.69 Å². The number of hydrogen-bond acceptors (Lipinski definition) is 5. The number of aryl methyl sites for hydroxylation is 1. The van der Waals surface area contributed by atoms with E-state index in [1.54, 1.807) is 0 Å². The summed E-state index contributed by atoms with van der Waals surface area (Å²) in [6, 6.07) is 2.59. The Morgan fingerprint density at radius 1 is 1.00 bits per heavy atom. The van der Waals surface area contributed by atoms with Crippen LogP contribution < -0.4 is 16.6 Å². The van der Waals surface area contributed by atoms with Gasteiger partial charge in [0.1, 0.15) is 23.3 Å². The summed E-state index contributed by atoms with van der Waals surface area (Å²) in [7, 11) is 0. The topological polar surface area (TPSA) is 75.9 Å². The third-order valence-corrected chi connectivity index (χ3v) is 2.51. The smallest absolute Gasteiger partial charge is 0.161 e. The molecule has 1 aromatic heterocycles. The largest absolute Gasteiger partial charge is 0.338 e. The van der Waals surface area contributed by atoms with Crippen LogP contribution in [0.15, 0.2) is 18.2 Å². The van der Waals surface area contributed by atoms with Crippen LogP contribution in [-0.4, -0.2) is 9.97 Å². The number of nitrogens with zero attached hydrogens (tertiary/aromatic N) is 2. The summed E-state index contributed by atoms with van der Waals surface area (Å²) in [5, 5.41) is 2.56. The fourth-order valence-electron chi connectivity index (χ4n) is 1.55. The molecule has 0 aliphatic heterocycles. The number of nitrogens with one attached hydrogen (secondary N) is 2. The molecule has 8 heteroatoms. The molecule has 5 nitrogen and oxygen atoms in total. The van der Waals surface area contributed by atoms with E-state index in [1.165, 1.54) is 6.07 Å². The summed E-state index contributed by atoms with van der Waals surface area (Å²) in [5.41, 5.74) is 2.11. The molecule has 0 amide bonds. The van der Waals surface area contributed by atoms with Crippen molar-refractivity contribution in [2.45, 2.75) is 13.3 Å². The second kappa shape index (κ2) is 5.74. The van der Waals surface area contributed by atoms with E-state index in [2.05, 4.69) is 20.7 Å². The average molecular weight is 283 g/mol. The zero-order valence-electron chi connectivity index (χ0n) is 10.5. The molecule has 4 N–H and O–H groups in total. The van der Waals surface area contributed by atoms with Crippen LogP contribution in [0, 0.1) is 17.5 Å². The van der Waals surface area contributed by atoms with Gasteiger partial charge in [-0.05, 0) is 0 Å². The van der Waals surface area contributed by atoms with Gasteiger partial charge in [-0.15, -0.1) is 0 Å². The Hall–Kier alpha value is -2.35. The molecule has 0 spiro atoms. The van der Waals surface area contributed by atoms with E-state index in [1.807, 2.05) is 6.92 Å². The standard InChI is InChI=1S/C12H12F3N5/c1-2-10-18-11(5-12(19-10)20-16)17-9-4-7(14)6(13)3-8(9)15/h3-5H,2,16H2,1H3,(H2,17,18,19,20). The molecule has 0 atom stereocenters. The van der Waals surface area contributed by atoms with E-state index in [9.17, 15) is 13.2 Å². The van der Waals surface area contributed by atoms with Crippen LogP contribution in [-0.2, 0) is 6.42 Å². The van der Waals surface area contributed by atoms with E-state index in [0.29, 0.717) is 30.2 Å². The normalized spacial score (nSPS) is 10.4. The molecule has 2 aromatic rings. The first-order valence-corrected chi connectivity index (χ1v) is 5.79. The number of benzene rings is 1. The monoisotopic (exact) mass is 283 g/mol. The van der Waals surface area contributed by atoms with Crippen molar-refractivity contribution in [2.75, 3.05) is 10.7 Å².